The van der Waals surface area contributed by atoms with Crippen LogP contribution in [-0.2, 0) is 4.79 Å². The second kappa shape index (κ2) is 6.24. The molecule has 0 aromatic heterocycles. The highest BCUT2D eigenvalue weighted by atomic mass is 16.1. The van der Waals surface area contributed by atoms with Crippen LogP contribution in [0.1, 0.15) is 36.9 Å². The van der Waals surface area contributed by atoms with Gasteiger partial charge in [-0.15, -0.1) is 0 Å². The van der Waals surface area contributed by atoms with Crippen molar-refractivity contribution in [1.29, 1.82) is 0 Å². The van der Waals surface area contributed by atoms with Gasteiger partial charge in [-0.2, -0.15) is 0 Å². The highest BCUT2D eigenvalue weighted by Gasteiger charge is 2.17. The number of anilines is 1. The summed E-state index contributed by atoms with van der Waals surface area (Å²) in [5.74, 6) is -0.211. The lowest BCUT2D eigenvalue weighted by Gasteiger charge is -2.18. The standard InChI is InChI=1S/C17H20N2O/c1-12(15-9-6-10-16(18)11-15)17(20)19-13(2)14-7-4-3-5-8-14/h3-13H,18H2,1-2H3,(H,19,20)/t12?,13-/m1/s1. The van der Waals surface area contributed by atoms with E-state index in [1.54, 1.807) is 0 Å². The number of carbonyl (C=O) groups is 1. The van der Waals surface area contributed by atoms with Gasteiger partial charge in [0.05, 0.1) is 12.0 Å². The van der Waals surface area contributed by atoms with Crippen LogP contribution in [0.25, 0.3) is 0 Å². The van der Waals surface area contributed by atoms with E-state index in [1.807, 2.05) is 68.4 Å². The molecule has 0 heterocycles. The van der Waals surface area contributed by atoms with Crippen LogP contribution < -0.4 is 11.1 Å². The van der Waals surface area contributed by atoms with E-state index < -0.39 is 0 Å². The Morgan fingerprint density at radius 1 is 1.00 bits per heavy atom. The Bertz CT molecular complexity index is 581. The topological polar surface area (TPSA) is 55.1 Å². The smallest absolute Gasteiger partial charge is 0.227 e. The van der Waals surface area contributed by atoms with Gasteiger partial charge in [0, 0.05) is 5.69 Å². The minimum atomic E-state index is -0.218. The summed E-state index contributed by atoms with van der Waals surface area (Å²) >= 11 is 0. The van der Waals surface area contributed by atoms with Crippen molar-refractivity contribution in [2.24, 2.45) is 0 Å². The molecule has 1 unspecified atom stereocenters. The molecule has 0 radical (unpaired) electrons. The lowest BCUT2D eigenvalue weighted by atomic mass is 9.99. The lowest BCUT2D eigenvalue weighted by molar-refractivity contribution is -0.122. The molecule has 2 atom stereocenters. The van der Waals surface area contributed by atoms with Crippen molar-refractivity contribution in [1.82, 2.24) is 5.32 Å². The summed E-state index contributed by atoms with van der Waals surface area (Å²) in [6.45, 7) is 3.88. The number of nitrogens with two attached hydrogens (primary N) is 1. The van der Waals surface area contributed by atoms with E-state index >= 15 is 0 Å². The predicted molar refractivity (Wildman–Crippen MR) is 82.3 cm³/mol. The number of amides is 1. The number of carbonyl (C=O) groups excluding carboxylic acids is 1. The molecular formula is C17H20N2O. The van der Waals surface area contributed by atoms with E-state index in [1.165, 1.54) is 0 Å². The van der Waals surface area contributed by atoms with Gasteiger partial charge < -0.3 is 11.1 Å². The molecule has 1 amide bonds. The van der Waals surface area contributed by atoms with Gasteiger partial charge in [-0.05, 0) is 37.1 Å². The van der Waals surface area contributed by atoms with Crippen LogP contribution in [0.3, 0.4) is 0 Å². The SMILES string of the molecule is CC(C(=O)N[C@H](C)c1ccccc1)c1cccc(N)c1. The minimum Gasteiger partial charge on any atom is -0.399 e. The number of hydrogen-bond donors (Lipinski definition) is 2. The molecule has 3 nitrogen and oxygen atoms in total. The van der Waals surface area contributed by atoms with Crippen LogP contribution in [0.15, 0.2) is 54.6 Å². The maximum absolute atomic E-state index is 12.3. The molecule has 0 spiro atoms. The van der Waals surface area contributed by atoms with Crippen LogP contribution in [0.5, 0.6) is 0 Å². The molecule has 2 aromatic carbocycles. The van der Waals surface area contributed by atoms with Crippen molar-refractivity contribution < 1.29 is 4.79 Å². The summed E-state index contributed by atoms with van der Waals surface area (Å²) in [5, 5.41) is 3.03. The lowest BCUT2D eigenvalue weighted by Crippen LogP contribution is -2.30. The largest absolute Gasteiger partial charge is 0.399 e. The van der Waals surface area contributed by atoms with Crippen molar-refractivity contribution in [2.45, 2.75) is 25.8 Å². The van der Waals surface area contributed by atoms with E-state index in [4.69, 9.17) is 5.73 Å². The Morgan fingerprint density at radius 2 is 1.65 bits per heavy atom. The number of benzene rings is 2. The zero-order valence-electron chi connectivity index (χ0n) is 11.8. The summed E-state index contributed by atoms with van der Waals surface area (Å²) in [6, 6.07) is 17.4. The van der Waals surface area contributed by atoms with Crippen molar-refractivity contribution in [3.05, 3.63) is 65.7 Å². The number of nitrogen functional groups attached to an aromatic ring is 1. The average Bonchev–Trinajstić information content (AvgIpc) is 2.47. The van der Waals surface area contributed by atoms with Crippen LogP contribution in [-0.4, -0.2) is 5.91 Å². The molecule has 0 bridgehead atoms. The Labute approximate surface area is 119 Å². The second-order valence-corrected chi connectivity index (χ2v) is 5.03. The van der Waals surface area contributed by atoms with E-state index in [9.17, 15) is 4.79 Å². The predicted octanol–water partition coefficient (Wildman–Crippen LogP) is 3.25. The molecule has 2 aromatic rings. The molecule has 2 rings (SSSR count). The Morgan fingerprint density at radius 3 is 2.30 bits per heavy atom. The first-order valence-corrected chi connectivity index (χ1v) is 6.78. The molecule has 0 aliphatic rings. The maximum Gasteiger partial charge on any atom is 0.227 e. The van der Waals surface area contributed by atoms with Crippen molar-refractivity contribution in [2.75, 3.05) is 5.73 Å². The van der Waals surface area contributed by atoms with E-state index in [0.717, 1.165) is 11.1 Å². The minimum absolute atomic E-state index is 0.00644. The molecule has 0 fully saturated rings. The van der Waals surface area contributed by atoms with Gasteiger partial charge in [0.25, 0.3) is 0 Å². The Hall–Kier alpha value is -2.29. The van der Waals surface area contributed by atoms with Gasteiger partial charge in [0.1, 0.15) is 0 Å². The third-order valence-electron chi connectivity index (χ3n) is 3.46. The molecule has 3 heteroatoms. The molecule has 0 saturated carbocycles. The maximum atomic E-state index is 12.3. The molecular weight excluding hydrogens is 248 g/mol. The Kier molecular flexibility index (Phi) is 4.41. The monoisotopic (exact) mass is 268 g/mol. The summed E-state index contributed by atoms with van der Waals surface area (Å²) in [7, 11) is 0. The summed E-state index contributed by atoms with van der Waals surface area (Å²) < 4.78 is 0. The third kappa shape index (κ3) is 3.38. The second-order valence-electron chi connectivity index (χ2n) is 5.03. The normalized spacial score (nSPS) is 13.5. The fraction of sp³-hybridized carbons (Fsp3) is 0.235. The van der Waals surface area contributed by atoms with Gasteiger partial charge in [-0.25, -0.2) is 0 Å². The highest BCUT2D eigenvalue weighted by molar-refractivity contribution is 5.83. The first kappa shape index (κ1) is 14.1. The van der Waals surface area contributed by atoms with Gasteiger partial charge in [0.2, 0.25) is 5.91 Å². The molecule has 0 aliphatic carbocycles. The molecule has 0 saturated heterocycles. The first-order chi connectivity index (χ1) is 9.58. The Balaban J connectivity index is 2.05. The van der Waals surface area contributed by atoms with Gasteiger partial charge >= 0.3 is 0 Å². The molecule has 104 valence electrons. The molecule has 3 N–H and O–H groups in total. The number of rotatable bonds is 4. The quantitative estimate of drug-likeness (QED) is 0.836. The third-order valence-corrected chi connectivity index (χ3v) is 3.46. The van der Waals surface area contributed by atoms with Gasteiger partial charge in [-0.1, -0.05) is 42.5 Å². The summed E-state index contributed by atoms with van der Waals surface area (Å²) in [5.41, 5.74) is 8.47. The zero-order chi connectivity index (χ0) is 14.5. The van der Waals surface area contributed by atoms with Crippen molar-refractivity contribution >= 4 is 11.6 Å². The average molecular weight is 268 g/mol. The van der Waals surface area contributed by atoms with Crippen LogP contribution in [0.2, 0.25) is 0 Å². The van der Waals surface area contributed by atoms with E-state index in [0.29, 0.717) is 5.69 Å². The van der Waals surface area contributed by atoms with Crippen LogP contribution in [0.4, 0.5) is 5.69 Å². The summed E-state index contributed by atoms with van der Waals surface area (Å²) in [6.07, 6.45) is 0. The van der Waals surface area contributed by atoms with Crippen LogP contribution >= 0.6 is 0 Å². The van der Waals surface area contributed by atoms with Gasteiger partial charge in [-0.3, -0.25) is 4.79 Å². The van der Waals surface area contributed by atoms with Gasteiger partial charge in [0.15, 0.2) is 0 Å². The fourth-order valence-corrected chi connectivity index (χ4v) is 2.14. The highest BCUT2D eigenvalue weighted by Crippen LogP contribution is 2.20. The van der Waals surface area contributed by atoms with E-state index in [2.05, 4.69) is 5.32 Å². The van der Waals surface area contributed by atoms with E-state index in [-0.39, 0.29) is 17.9 Å². The zero-order valence-corrected chi connectivity index (χ0v) is 11.8. The molecule has 0 aliphatic heterocycles. The number of nitrogens with one attached hydrogen (secondary N) is 1. The first-order valence-electron chi connectivity index (χ1n) is 6.78. The summed E-state index contributed by atoms with van der Waals surface area (Å²) in [4.78, 5) is 12.3. The van der Waals surface area contributed by atoms with Crippen molar-refractivity contribution in [3.8, 4) is 0 Å². The van der Waals surface area contributed by atoms with Crippen LogP contribution in [0, 0.1) is 0 Å². The van der Waals surface area contributed by atoms with Crippen molar-refractivity contribution in [3.63, 3.8) is 0 Å². The number of hydrogen-bond acceptors (Lipinski definition) is 2. The molecule has 20 heavy (non-hydrogen) atoms. The fourth-order valence-electron chi connectivity index (χ4n) is 2.14.